The maximum absolute atomic E-state index is 12.1. The fraction of sp³-hybridized carbons (Fsp3) is 0.300. The van der Waals surface area contributed by atoms with Crippen LogP contribution in [-0.2, 0) is 18.5 Å². The van der Waals surface area contributed by atoms with Gasteiger partial charge in [0, 0.05) is 24.3 Å². The summed E-state index contributed by atoms with van der Waals surface area (Å²) in [6.07, 6.45) is 0.575. The monoisotopic (exact) mass is 350 g/mol. The van der Waals surface area contributed by atoms with E-state index in [0.29, 0.717) is 25.1 Å². The molecule has 1 unspecified atom stereocenters. The zero-order valence-corrected chi connectivity index (χ0v) is 14.7. The number of nitrogens with two attached hydrogens (primary N) is 1. The van der Waals surface area contributed by atoms with Crippen molar-refractivity contribution >= 4 is 11.7 Å². The van der Waals surface area contributed by atoms with Crippen molar-refractivity contribution in [3.63, 3.8) is 0 Å². The molecule has 2 aromatic carbocycles. The summed E-state index contributed by atoms with van der Waals surface area (Å²) in [5.74, 6) is 0. The van der Waals surface area contributed by atoms with Gasteiger partial charge in [-0.2, -0.15) is 5.26 Å². The topological polar surface area (TPSA) is 102 Å². The van der Waals surface area contributed by atoms with Gasteiger partial charge in [0.1, 0.15) is 0 Å². The largest absolute Gasteiger partial charge is 0.395 e. The van der Waals surface area contributed by atoms with E-state index in [1.165, 1.54) is 0 Å². The van der Waals surface area contributed by atoms with Gasteiger partial charge < -0.3 is 21.1 Å². The third kappa shape index (κ3) is 3.69. The third-order valence-corrected chi connectivity index (χ3v) is 4.66. The van der Waals surface area contributed by atoms with Crippen LogP contribution in [0.5, 0.6) is 0 Å². The summed E-state index contributed by atoms with van der Waals surface area (Å²) in [4.78, 5) is 13.7. The SMILES string of the molecule is CC(N)(Cc1cccc(C#N)c1)c1ccc2c(c1)NC(=O)N(CCO)C2. The summed E-state index contributed by atoms with van der Waals surface area (Å²) in [5.41, 5.74) is 10.2. The molecular weight excluding hydrogens is 328 g/mol. The molecule has 6 heteroatoms. The predicted molar refractivity (Wildman–Crippen MR) is 99.4 cm³/mol. The number of β-amino-alcohol motifs (C(OH)–C–C–N with tert-alkyl or cyclic N) is 1. The maximum atomic E-state index is 12.1. The van der Waals surface area contributed by atoms with Crippen LogP contribution in [0, 0.1) is 11.3 Å². The lowest BCUT2D eigenvalue weighted by Gasteiger charge is -2.31. The highest BCUT2D eigenvalue weighted by atomic mass is 16.3. The Bertz CT molecular complexity index is 870. The Balaban J connectivity index is 1.84. The van der Waals surface area contributed by atoms with Crippen molar-refractivity contribution in [2.75, 3.05) is 18.5 Å². The number of nitriles is 1. The highest BCUT2D eigenvalue weighted by Gasteiger charge is 2.26. The number of rotatable bonds is 5. The molecule has 0 fully saturated rings. The highest BCUT2D eigenvalue weighted by molar-refractivity contribution is 5.92. The molecule has 2 aromatic rings. The summed E-state index contributed by atoms with van der Waals surface area (Å²) in [7, 11) is 0. The molecule has 1 heterocycles. The van der Waals surface area contributed by atoms with Crippen molar-refractivity contribution in [3.05, 3.63) is 64.7 Å². The van der Waals surface area contributed by atoms with Crippen molar-refractivity contribution in [2.45, 2.75) is 25.4 Å². The maximum Gasteiger partial charge on any atom is 0.322 e. The van der Waals surface area contributed by atoms with Gasteiger partial charge in [-0.15, -0.1) is 0 Å². The molecule has 1 aliphatic heterocycles. The van der Waals surface area contributed by atoms with Crippen molar-refractivity contribution < 1.29 is 9.90 Å². The number of aliphatic hydroxyl groups is 1. The number of aliphatic hydroxyl groups excluding tert-OH is 1. The minimum absolute atomic E-state index is 0.0660. The number of hydrogen-bond donors (Lipinski definition) is 3. The Morgan fingerprint density at radius 3 is 2.88 bits per heavy atom. The van der Waals surface area contributed by atoms with Crippen LogP contribution in [0.25, 0.3) is 0 Å². The van der Waals surface area contributed by atoms with E-state index in [1.54, 1.807) is 11.0 Å². The van der Waals surface area contributed by atoms with Gasteiger partial charge in [0.15, 0.2) is 0 Å². The van der Waals surface area contributed by atoms with E-state index in [9.17, 15) is 4.79 Å². The fourth-order valence-electron chi connectivity index (χ4n) is 3.24. The van der Waals surface area contributed by atoms with E-state index >= 15 is 0 Å². The molecule has 4 N–H and O–H groups in total. The van der Waals surface area contributed by atoms with Gasteiger partial charge >= 0.3 is 6.03 Å². The number of fused-ring (bicyclic) bond motifs is 1. The summed E-state index contributed by atoms with van der Waals surface area (Å²) in [6, 6.07) is 15.2. The van der Waals surface area contributed by atoms with E-state index in [-0.39, 0.29) is 12.6 Å². The lowest BCUT2D eigenvalue weighted by atomic mass is 9.85. The first-order valence-corrected chi connectivity index (χ1v) is 8.51. The molecular formula is C20H22N4O2. The molecule has 0 saturated heterocycles. The molecule has 3 rings (SSSR count). The van der Waals surface area contributed by atoms with Gasteiger partial charge in [0.25, 0.3) is 0 Å². The average Bonchev–Trinajstić information content (AvgIpc) is 2.62. The minimum atomic E-state index is -0.643. The van der Waals surface area contributed by atoms with E-state index < -0.39 is 5.54 Å². The van der Waals surface area contributed by atoms with Crippen LogP contribution in [-0.4, -0.2) is 29.2 Å². The Kier molecular flexibility index (Phi) is 4.94. The van der Waals surface area contributed by atoms with E-state index in [2.05, 4.69) is 11.4 Å². The van der Waals surface area contributed by atoms with Crippen LogP contribution in [0.2, 0.25) is 0 Å². The van der Waals surface area contributed by atoms with Crippen molar-refractivity contribution in [2.24, 2.45) is 5.73 Å². The molecule has 0 spiro atoms. The minimum Gasteiger partial charge on any atom is -0.395 e. The van der Waals surface area contributed by atoms with Crippen LogP contribution in [0.3, 0.4) is 0 Å². The second-order valence-electron chi connectivity index (χ2n) is 6.85. The number of carbonyl (C=O) groups is 1. The smallest absolute Gasteiger partial charge is 0.322 e. The molecule has 0 saturated carbocycles. The second kappa shape index (κ2) is 7.16. The Morgan fingerprint density at radius 1 is 1.35 bits per heavy atom. The van der Waals surface area contributed by atoms with Crippen molar-refractivity contribution in [1.29, 1.82) is 5.26 Å². The highest BCUT2D eigenvalue weighted by Crippen LogP contribution is 2.30. The Hall–Kier alpha value is -2.88. The summed E-state index contributed by atoms with van der Waals surface area (Å²) >= 11 is 0. The molecule has 0 radical (unpaired) electrons. The van der Waals surface area contributed by atoms with Crippen molar-refractivity contribution in [1.82, 2.24) is 4.90 Å². The van der Waals surface area contributed by atoms with E-state index in [4.69, 9.17) is 16.1 Å². The first-order valence-electron chi connectivity index (χ1n) is 8.51. The first kappa shape index (κ1) is 17.9. The van der Waals surface area contributed by atoms with Crippen molar-refractivity contribution in [3.8, 4) is 6.07 Å². The first-order chi connectivity index (χ1) is 12.4. The standard InChI is InChI=1S/C20H22N4O2/c1-20(22,11-14-3-2-4-15(9-14)12-21)17-6-5-16-13-24(7-8-25)19(26)23-18(16)10-17/h2-6,9-10,25H,7-8,11,13,22H2,1H3,(H,23,26). The molecule has 0 aliphatic carbocycles. The summed E-state index contributed by atoms with van der Waals surface area (Å²) in [6.45, 7) is 2.64. The molecule has 1 atom stereocenters. The van der Waals surface area contributed by atoms with Crippen LogP contribution in [0.4, 0.5) is 10.5 Å². The molecule has 26 heavy (non-hydrogen) atoms. The predicted octanol–water partition coefficient (Wildman–Crippen LogP) is 2.31. The number of benzene rings is 2. The molecule has 2 amide bonds. The number of anilines is 1. The molecule has 0 bridgehead atoms. The number of amides is 2. The van der Waals surface area contributed by atoms with Crippen LogP contribution in [0.1, 0.15) is 29.2 Å². The van der Waals surface area contributed by atoms with Crippen LogP contribution >= 0.6 is 0 Å². The normalized spacial score (nSPS) is 15.6. The number of nitrogens with zero attached hydrogens (tertiary/aromatic N) is 2. The van der Waals surface area contributed by atoms with E-state index in [1.807, 2.05) is 43.3 Å². The molecule has 134 valence electrons. The van der Waals surface area contributed by atoms with Gasteiger partial charge in [0.2, 0.25) is 0 Å². The zero-order valence-electron chi connectivity index (χ0n) is 14.7. The van der Waals surface area contributed by atoms with Crippen LogP contribution < -0.4 is 11.1 Å². The Labute approximate surface area is 152 Å². The zero-order chi connectivity index (χ0) is 18.7. The average molecular weight is 350 g/mol. The number of urea groups is 1. The second-order valence-corrected chi connectivity index (χ2v) is 6.85. The van der Waals surface area contributed by atoms with Gasteiger partial charge in [-0.25, -0.2) is 4.79 Å². The molecule has 6 nitrogen and oxygen atoms in total. The van der Waals surface area contributed by atoms with Crippen LogP contribution in [0.15, 0.2) is 42.5 Å². The van der Waals surface area contributed by atoms with Gasteiger partial charge in [0.05, 0.1) is 18.2 Å². The van der Waals surface area contributed by atoms with Gasteiger partial charge in [-0.1, -0.05) is 24.3 Å². The summed E-state index contributed by atoms with van der Waals surface area (Å²) < 4.78 is 0. The van der Waals surface area contributed by atoms with Gasteiger partial charge in [-0.3, -0.25) is 0 Å². The summed E-state index contributed by atoms with van der Waals surface area (Å²) in [5, 5.41) is 21.0. The number of carbonyl (C=O) groups excluding carboxylic acids is 1. The number of nitrogens with one attached hydrogen (secondary N) is 1. The van der Waals surface area contributed by atoms with Gasteiger partial charge in [-0.05, 0) is 48.2 Å². The lowest BCUT2D eigenvalue weighted by molar-refractivity contribution is 0.183. The fourth-order valence-corrected chi connectivity index (χ4v) is 3.24. The molecule has 0 aromatic heterocycles. The quantitative estimate of drug-likeness (QED) is 0.770. The van der Waals surface area contributed by atoms with E-state index in [0.717, 1.165) is 22.4 Å². The lowest BCUT2D eigenvalue weighted by Crippen LogP contribution is -2.41. The Morgan fingerprint density at radius 2 is 2.15 bits per heavy atom. The number of hydrogen-bond acceptors (Lipinski definition) is 4. The third-order valence-electron chi connectivity index (χ3n) is 4.66. The molecule has 1 aliphatic rings.